The molecule has 0 saturated heterocycles. The quantitative estimate of drug-likeness (QED) is 0.828. The van der Waals surface area contributed by atoms with Crippen LogP contribution >= 0.6 is 0 Å². The van der Waals surface area contributed by atoms with Gasteiger partial charge in [-0.25, -0.2) is 0 Å². The first-order chi connectivity index (χ1) is 7.88. The van der Waals surface area contributed by atoms with Crippen molar-refractivity contribution >= 4 is 0 Å². The molecule has 2 heterocycles. The Morgan fingerprint density at radius 1 is 1.25 bits per heavy atom. The minimum atomic E-state index is 0.818. The van der Waals surface area contributed by atoms with Crippen molar-refractivity contribution in [2.24, 2.45) is 0 Å². The van der Waals surface area contributed by atoms with Gasteiger partial charge in [0.1, 0.15) is 0 Å². The molecule has 0 unspecified atom stereocenters. The molecule has 1 N–H and O–H groups in total. The lowest BCUT2D eigenvalue weighted by atomic mass is 10.3. The first-order valence-electron chi connectivity index (χ1n) is 5.64. The fourth-order valence-electron chi connectivity index (χ4n) is 1.63. The molecule has 0 spiro atoms. The Hall–Kier alpha value is -1.61. The molecular weight excluding hydrogens is 198 g/mol. The number of aromatic nitrogens is 2. The zero-order valence-electron chi connectivity index (χ0n) is 9.56. The van der Waals surface area contributed by atoms with Gasteiger partial charge in [-0.1, -0.05) is 6.07 Å². The molecular formula is C13H17N3. The molecule has 2 aromatic heterocycles. The third kappa shape index (κ3) is 2.94. The normalized spacial score (nSPS) is 10.6. The number of hydrogen-bond donors (Lipinski definition) is 1. The predicted octanol–water partition coefficient (Wildman–Crippen LogP) is 2.19. The number of nitrogens with zero attached hydrogens (tertiary/aromatic N) is 2. The summed E-state index contributed by atoms with van der Waals surface area (Å²) in [5.41, 5.74) is 2.40. The van der Waals surface area contributed by atoms with E-state index in [1.54, 1.807) is 0 Å². The van der Waals surface area contributed by atoms with Crippen LogP contribution in [-0.2, 0) is 19.6 Å². The topological polar surface area (TPSA) is 29.9 Å². The smallest absolute Gasteiger partial charge is 0.0541 e. The van der Waals surface area contributed by atoms with Gasteiger partial charge in [0.05, 0.1) is 5.69 Å². The van der Waals surface area contributed by atoms with Crippen LogP contribution in [0.2, 0.25) is 0 Å². The van der Waals surface area contributed by atoms with Gasteiger partial charge in [-0.2, -0.15) is 0 Å². The average Bonchev–Trinajstić information content (AvgIpc) is 2.78. The summed E-state index contributed by atoms with van der Waals surface area (Å²) in [6.45, 7) is 4.88. The highest BCUT2D eigenvalue weighted by molar-refractivity contribution is 5.10. The van der Waals surface area contributed by atoms with Gasteiger partial charge in [-0.15, -0.1) is 0 Å². The predicted molar refractivity (Wildman–Crippen MR) is 64.9 cm³/mol. The van der Waals surface area contributed by atoms with Gasteiger partial charge in [0.25, 0.3) is 0 Å². The maximum atomic E-state index is 4.26. The van der Waals surface area contributed by atoms with Crippen molar-refractivity contribution in [1.29, 1.82) is 0 Å². The van der Waals surface area contributed by atoms with E-state index in [1.165, 1.54) is 5.56 Å². The van der Waals surface area contributed by atoms with Gasteiger partial charge in [0.2, 0.25) is 0 Å². The van der Waals surface area contributed by atoms with Crippen molar-refractivity contribution in [3.8, 4) is 0 Å². The van der Waals surface area contributed by atoms with Crippen LogP contribution in [0.15, 0.2) is 42.9 Å². The maximum Gasteiger partial charge on any atom is 0.0541 e. The van der Waals surface area contributed by atoms with Crippen molar-refractivity contribution in [3.05, 3.63) is 54.1 Å². The van der Waals surface area contributed by atoms with Gasteiger partial charge in [-0.3, -0.25) is 4.98 Å². The van der Waals surface area contributed by atoms with Crippen LogP contribution in [0.1, 0.15) is 18.2 Å². The van der Waals surface area contributed by atoms with Crippen LogP contribution in [0, 0.1) is 0 Å². The largest absolute Gasteiger partial charge is 0.354 e. The molecule has 0 aliphatic heterocycles. The van der Waals surface area contributed by atoms with Gasteiger partial charge in [0.15, 0.2) is 0 Å². The molecule has 2 aromatic rings. The molecule has 2 rings (SSSR count). The molecule has 16 heavy (non-hydrogen) atoms. The van der Waals surface area contributed by atoms with Crippen molar-refractivity contribution in [3.63, 3.8) is 0 Å². The Kier molecular flexibility index (Phi) is 3.72. The molecule has 84 valence electrons. The Labute approximate surface area is 96.1 Å². The van der Waals surface area contributed by atoms with Crippen molar-refractivity contribution < 1.29 is 0 Å². The summed E-state index contributed by atoms with van der Waals surface area (Å²) in [5, 5.41) is 3.38. The third-order valence-corrected chi connectivity index (χ3v) is 2.54. The summed E-state index contributed by atoms with van der Waals surface area (Å²) in [6, 6.07) is 8.13. The van der Waals surface area contributed by atoms with Gasteiger partial charge < -0.3 is 9.88 Å². The first-order valence-corrected chi connectivity index (χ1v) is 5.64. The van der Waals surface area contributed by atoms with Gasteiger partial charge >= 0.3 is 0 Å². The highest BCUT2D eigenvalue weighted by Crippen LogP contribution is 2.01. The highest BCUT2D eigenvalue weighted by atomic mass is 14.9. The van der Waals surface area contributed by atoms with E-state index in [2.05, 4.69) is 40.3 Å². The van der Waals surface area contributed by atoms with E-state index in [9.17, 15) is 0 Å². The number of aryl methyl sites for hydroxylation is 1. The molecule has 0 aromatic carbocycles. The van der Waals surface area contributed by atoms with Crippen LogP contribution in [0.4, 0.5) is 0 Å². The van der Waals surface area contributed by atoms with Crippen molar-refractivity contribution in [1.82, 2.24) is 14.9 Å². The standard InChI is InChI=1S/C13H17N3/c1-2-16-8-6-12(11-16)9-14-10-13-5-3-4-7-15-13/h3-8,11,14H,2,9-10H2,1H3. The second-order valence-electron chi connectivity index (χ2n) is 3.77. The van der Waals surface area contributed by atoms with Crippen molar-refractivity contribution in [2.75, 3.05) is 0 Å². The monoisotopic (exact) mass is 215 g/mol. The molecule has 3 nitrogen and oxygen atoms in total. The molecule has 3 heteroatoms. The van der Waals surface area contributed by atoms with Gasteiger partial charge in [0, 0.05) is 38.2 Å². The van der Waals surface area contributed by atoms with E-state index in [4.69, 9.17) is 0 Å². The molecule has 0 aliphatic rings. The minimum absolute atomic E-state index is 0.818. The fourth-order valence-corrected chi connectivity index (χ4v) is 1.63. The number of rotatable bonds is 5. The zero-order chi connectivity index (χ0) is 11.2. The van der Waals surface area contributed by atoms with E-state index >= 15 is 0 Å². The number of pyridine rings is 1. The van der Waals surface area contributed by atoms with Crippen molar-refractivity contribution in [2.45, 2.75) is 26.6 Å². The lowest BCUT2D eigenvalue weighted by Crippen LogP contribution is -2.13. The summed E-state index contributed by atoms with van der Waals surface area (Å²) >= 11 is 0. The van der Waals surface area contributed by atoms with Crippen LogP contribution in [-0.4, -0.2) is 9.55 Å². The SMILES string of the molecule is CCn1ccc(CNCc2ccccn2)c1. The second kappa shape index (κ2) is 5.47. The van der Waals surface area contributed by atoms with E-state index in [0.717, 1.165) is 25.3 Å². The molecule has 0 saturated carbocycles. The third-order valence-electron chi connectivity index (χ3n) is 2.54. The number of nitrogens with one attached hydrogen (secondary N) is 1. The summed E-state index contributed by atoms with van der Waals surface area (Å²) in [5.74, 6) is 0. The Balaban J connectivity index is 1.80. The maximum absolute atomic E-state index is 4.26. The molecule has 0 bridgehead atoms. The zero-order valence-corrected chi connectivity index (χ0v) is 9.56. The first kappa shape index (κ1) is 10.9. The fraction of sp³-hybridized carbons (Fsp3) is 0.308. The van der Waals surface area contributed by atoms with E-state index in [0.29, 0.717) is 0 Å². The Bertz CT molecular complexity index is 420. The molecule has 0 fully saturated rings. The molecule has 0 atom stereocenters. The average molecular weight is 215 g/mol. The molecule has 0 aliphatic carbocycles. The minimum Gasteiger partial charge on any atom is -0.354 e. The van der Waals surface area contributed by atoms with E-state index in [1.807, 2.05) is 24.4 Å². The number of hydrogen-bond acceptors (Lipinski definition) is 2. The van der Waals surface area contributed by atoms with Gasteiger partial charge in [-0.05, 0) is 30.7 Å². The summed E-state index contributed by atoms with van der Waals surface area (Å²) in [4.78, 5) is 4.26. The van der Waals surface area contributed by atoms with Crippen LogP contribution in [0.5, 0.6) is 0 Å². The van der Waals surface area contributed by atoms with Crippen LogP contribution < -0.4 is 5.32 Å². The highest BCUT2D eigenvalue weighted by Gasteiger charge is 1.96. The van der Waals surface area contributed by atoms with E-state index < -0.39 is 0 Å². The Morgan fingerprint density at radius 3 is 2.88 bits per heavy atom. The Morgan fingerprint density at radius 2 is 2.19 bits per heavy atom. The lowest BCUT2D eigenvalue weighted by Gasteiger charge is -2.02. The van der Waals surface area contributed by atoms with Crippen LogP contribution in [0.3, 0.4) is 0 Å². The molecule has 0 radical (unpaired) electrons. The molecule has 0 amide bonds. The summed E-state index contributed by atoms with van der Waals surface area (Å²) in [6.07, 6.45) is 6.10. The summed E-state index contributed by atoms with van der Waals surface area (Å²) < 4.78 is 2.18. The lowest BCUT2D eigenvalue weighted by molar-refractivity contribution is 0.676. The summed E-state index contributed by atoms with van der Waals surface area (Å²) in [7, 11) is 0. The van der Waals surface area contributed by atoms with E-state index in [-0.39, 0.29) is 0 Å². The van der Waals surface area contributed by atoms with Crippen LogP contribution in [0.25, 0.3) is 0 Å². The second-order valence-corrected chi connectivity index (χ2v) is 3.77.